The van der Waals surface area contributed by atoms with Gasteiger partial charge in [0.1, 0.15) is 6.10 Å². The molecular formula is C8H18N2O. The van der Waals surface area contributed by atoms with Crippen LogP contribution in [0.1, 0.15) is 27.7 Å². The van der Waals surface area contributed by atoms with Crippen molar-refractivity contribution in [2.45, 2.75) is 33.8 Å². The lowest BCUT2D eigenvalue weighted by Crippen LogP contribution is -2.31. The van der Waals surface area contributed by atoms with Gasteiger partial charge in [0.05, 0.1) is 0 Å². The van der Waals surface area contributed by atoms with E-state index in [9.17, 15) is 0 Å². The average Bonchev–Trinajstić information content (AvgIpc) is 1.81. The standard InChI is InChI=1S/C8H18N2O/c1-5(2)7(6(3)4)11-8(9)10/h5-7H,1-4H3,(H3,9,10). The number of ether oxygens (including phenoxy) is 1. The summed E-state index contributed by atoms with van der Waals surface area (Å²) in [5.74, 6) is 0.804. The number of hydrogen-bond acceptors (Lipinski definition) is 2. The molecule has 0 radical (unpaired) electrons. The maximum absolute atomic E-state index is 6.97. The molecular weight excluding hydrogens is 140 g/mol. The fraction of sp³-hybridized carbons (Fsp3) is 0.875. The van der Waals surface area contributed by atoms with Gasteiger partial charge >= 0.3 is 0 Å². The van der Waals surface area contributed by atoms with E-state index in [-0.39, 0.29) is 12.1 Å². The first-order chi connectivity index (χ1) is 4.95. The highest BCUT2D eigenvalue weighted by Gasteiger charge is 2.19. The first kappa shape index (κ1) is 10.3. The zero-order valence-electron chi connectivity index (χ0n) is 7.72. The van der Waals surface area contributed by atoms with E-state index in [4.69, 9.17) is 15.9 Å². The molecule has 0 aliphatic carbocycles. The highest BCUT2D eigenvalue weighted by atomic mass is 16.5. The lowest BCUT2D eigenvalue weighted by Gasteiger charge is -2.24. The predicted molar refractivity (Wildman–Crippen MR) is 46.5 cm³/mol. The monoisotopic (exact) mass is 158 g/mol. The zero-order valence-corrected chi connectivity index (χ0v) is 7.72. The van der Waals surface area contributed by atoms with E-state index in [1.54, 1.807) is 0 Å². The van der Waals surface area contributed by atoms with Gasteiger partial charge in [-0.1, -0.05) is 27.7 Å². The third-order valence-corrected chi connectivity index (χ3v) is 1.58. The molecule has 66 valence electrons. The molecule has 3 heteroatoms. The first-order valence-corrected chi connectivity index (χ1v) is 3.95. The van der Waals surface area contributed by atoms with Gasteiger partial charge in [0, 0.05) is 0 Å². The molecule has 3 N–H and O–H groups in total. The van der Waals surface area contributed by atoms with Crippen LogP contribution in [0.5, 0.6) is 0 Å². The van der Waals surface area contributed by atoms with E-state index in [1.807, 2.05) is 0 Å². The van der Waals surface area contributed by atoms with Crippen molar-refractivity contribution in [2.75, 3.05) is 0 Å². The molecule has 0 aromatic heterocycles. The molecule has 0 bridgehead atoms. The van der Waals surface area contributed by atoms with E-state index >= 15 is 0 Å². The summed E-state index contributed by atoms with van der Waals surface area (Å²) in [6.45, 7) is 8.25. The molecule has 3 nitrogen and oxygen atoms in total. The Morgan fingerprint density at radius 1 is 1.18 bits per heavy atom. The minimum atomic E-state index is -0.183. The van der Waals surface area contributed by atoms with Crippen LogP contribution in [-0.4, -0.2) is 12.1 Å². The molecule has 0 saturated heterocycles. The molecule has 0 aromatic rings. The van der Waals surface area contributed by atoms with Crippen molar-refractivity contribution in [3.05, 3.63) is 0 Å². The second-order valence-corrected chi connectivity index (χ2v) is 3.43. The number of amidine groups is 1. The summed E-state index contributed by atoms with van der Waals surface area (Å²) >= 11 is 0. The number of hydrogen-bond donors (Lipinski definition) is 2. The third-order valence-electron chi connectivity index (χ3n) is 1.58. The van der Waals surface area contributed by atoms with Gasteiger partial charge in [-0.2, -0.15) is 0 Å². The van der Waals surface area contributed by atoms with Crippen LogP contribution in [0.25, 0.3) is 0 Å². The number of rotatable bonds is 3. The van der Waals surface area contributed by atoms with Gasteiger partial charge in [-0.05, 0) is 11.8 Å². The van der Waals surface area contributed by atoms with Crippen LogP contribution in [0, 0.1) is 17.2 Å². The van der Waals surface area contributed by atoms with Gasteiger partial charge in [0.15, 0.2) is 0 Å². The van der Waals surface area contributed by atoms with Crippen molar-refractivity contribution in [1.29, 1.82) is 5.41 Å². The Labute approximate surface area is 68.4 Å². The summed E-state index contributed by atoms with van der Waals surface area (Å²) in [5, 5.41) is 6.97. The number of nitrogens with two attached hydrogens (primary N) is 1. The Bertz CT molecular complexity index is 124. The fourth-order valence-electron chi connectivity index (χ4n) is 1.19. The van der Waals surface area contributed by atoms with E-state index in [0.717, 1.165) is 0 Å². The van der Waals surface area contributed by atoms with Gasteiger partial charge < -0.3 is 10.5 Å². The van der Waals surface area contributed by atoms with E-state index < -0.39 is 0 Å². The summed E-state index contributed by atoms with van der Waals surface area (Å²) in [7, 11) is 0. The second-order valence-electron chi connectivity index (χ2n) is 3.43. The van der Waals surface area contributed by atoms with E-state index in [0.29, 0.717) is 11.8 Å². The molecule has 0 aliphatic rings. The van der Waals surface area contributed by atoms with Crippen LogP contribution >= 0.6 is 0 Å². The molecule has 0 unspecified atom stereocenters. The van der Waals surface area contributed by atoms with E-state index in [2.05, 4.69) is 27.7 Å². The van der Waals surface area contributed by atoms with Crippen molar-refractivity contribution >= 4 is 6.02 Å². The van der Waals surface area contributed by atoms with Gasteiger partial charge in [-0.3, -0.25) is 5.41 Å². The molecule has 0 spiro atoms. The Morgan fingerprint density at radius 2 is 1.55 bits per heavy atom. The molecule has 0 aromatic carbocycles. The summed E-state index contributed by atoms with van der Waals surface area (Å²) in [6, 6.07) is -0.183. The van der Waals surface area contributed by atoms with Crippen molar-refractivity contribution in [2.24, 2.45) is 17.6 Å². The quantitative estimate of drug-likeness (QED) is 0.484. The molecule has 0 amide bonds. The third kappa shape index (κ3) is 3.86. The lowest BCUT2D eigenvalue weighted by atomic mass is 9.96. The van der Waals surface area contributed by atoms with Crippen molar-refractivity contribution in [3.63, 3.8) is 0 Å². The van der Waals surface area contributed by atoms with Crippen LogP contribution in [0.15, 0.2) is 0 Å². The number of nitrogens with one attached hydrogen (secondary N) is 1. The van der Waals surface area contributed by atoms with Gasteiger partial charge in [0.25, 0.3) is 6.02 Å². The normalized spacial score (nSPS) is 11.2. The Balaban J connectivity index is 4.00. The molecule has 0 atom stereocenters. The van der Waals surface area contributed by atoms with Gasteiger partial charge in [-0.25, -0.2) is 0 Å². The zero-order chi connectivity index (χ0) is 9.02. The lowest BCUT2D eigenvalue weighted by molar-refractivity contribution is 0.0896. The van der Waals surface area contributed by atoms with Gasteiger partial charge in [-0.15, -0.1) is 0 Å². The summed E-state index contributed by atoms with van der Waals surface area (Å²) in [4.78, 5) is 0. The maximum Gasteiger partial charge on any atom is 0.279 e. The first-order valence-electron chi connectivity index (χ1n) is 3.95. The summed E-state index contributed by atoms with van der Waals surface area (Å²) < 4.78 is 5.13. The Hall–Kier alpha value is -0.730. The maximum atomic E-state index is 6.97. The van der Waals surface area contributed by atoms with Gasteiger partial charge in [0.2, 0.25) is 0 Å². The largest absolute Gasteiger partial charge is 0.462 e. The molecule has 0 fully saturated rings. The topological polar surface area (TPSA) is 59.1 Å². The van der Waals surface area contributed by atoms with Crippen LogP contribution in [-0.2, 0) is 4.74 Å². The van der Waals surface area contributed by atoms with Crippen LogP contribution in [0.4, 0.5) is 0 Å². The molecule has 0 rings (SSSR count). The Morgan fingerprint density at radius 3 is 1.64 bits per heavy atom. The summed E-state index contributed by atoms with van der Waals surface area (Å²) in [5.41, 5.74) is 5.13. The molecule has 0 aliphatic heterocycles. The van der Waals surface area contributed by atoms with Crippen molar-refractivity contribution in [1.82, 2.24) is 0 Å². The second kappa shape index (κ2) is 4.21. The highest BCUT2D eigenvalue weighted by molar-refractivity contribution is 5.67. The van der Waals surface area contributed by atoms with Crippen molar-refractivity contribution in [3.8, 4) is 0 Å². The predicted octanol–water partition coefficient (Wildman–Crippen LogP) is 1.58. The van der Waals surface area contributed by atoms with E-state index in [1.165, 1.54) is 0 Å². The average molecular weight is 158 g/mol. The minimum Gasteiger partial charge on any atom is -0.462 e. The molecule has 0 saturated carbocycles. The highest BCUT2D eigenvalue weighted by Crippen LogP contribution is 2.15. The van der Waals surface area contributed by atoms with Crippen LogP contribution in [0.2, 0.25) is 0 Å². The summed E-state index contributed by atoms with van der Waals surface area (Å²) in [6.07, 6.45) is 0.0625. The van der Waals surface area contributed by atoms with Crippen molar-refractivity contribution < 1.29 is 4.74 Å². The smallest absolute Gasteiger partial charge is 0.279 e. The Kier molecular flexibility index (Phi) is 3.93. The SMILES string of the molecule is CC(C)C(OC(=N)N)C(C)C. The fourth-order valence-corrected chi connectivity index (χ4v) is 1.19. The molecule has 11 heavy (non-hydrogen) atoms. The van der Waals surface area contributed by atoms with Crippen LogP contribution in [0.3, 0.4) is 0 Å². The van der Waals surface area contributed by atoms with Crippen LogP contribution < -0.4 is 5.73 Å². The minimum absolute atomic E-state index is 0.0625. The molecule has 0 heterocycles.